The smallest absolute Gasteiger partial charge is 0.166 e. The van der Waals surface area contributed by atoms with Crippen LogP contribution in [0.25, 0.3) is 0 Å². The first kappa shape index (κ1) is 11.0. The Morgan fingerprint density at radius 2 is 1.76 bits per heavy atom. The van der Waals surface area contributed by atoms with Crippen LogP contribution in [0.5, 0.6) is 0 Å². The van der Waals surface area contributed by atoms with Gasteiger partial charge in [0.05, 0.1) is 0 Å². The minimum absolute atomic E-state index is 0.204. The molecule has 17 heavy (non-hydrogen) atoms. The standard InChI is InChI=1S/C16H20O/c1-11-15(12-7-3-2-4-8-12)13-9-5-6-10-14(13)16(11)17/h5-6,9-12,15H,2-4,7-8H2,1H3/t11-,15+/m0/s1. The van der Waals surface area contributed by atoms with Crippen LogP contribution < -0.4 is 0 Å². The molecule has 1 heteroatoms. The summed E-state index contributed by atoms with van der Waals surface area (Å²) in [5, 5.41) is 0. The monoisotopic (exact) mass is 228 g/mol. The van der Waals surface area contributed by atoms with Crippen LogP contribution in [-0.2, 0) is 0 Å². The maximum atomic E-state index is 12.2. The molecule has 0 heterocycles. The van der Waals surface area contributed by atoms with Gasteiger partial charge in [0, 0.05) is 11.5 Å². The summed E-state index contributed by atoms with van der Waals surface area (Å²) in [5.41, 5.74) is 2.33. The van der Waals surface area contributed by atoms with Crippen molar-refractivity contribution in [2.45, 2.75) is 44.9 Å². The third-order valence-electron chi connectivity index (χ3n) is 4.70. The summed E-state index contributed by atoms with van der Waals surface area (Å²) in [4.78, 5) is 12.2. The molecular weight excluding hydrogens is 208 g/mol. The van der Waals surface area contributed by atoms with Gasteiger partial charge in [-0.1, -0.05) is 50.5 Å². The van der Waals surface area contributed by atoms with Gasteiger partial charge in [-0.25, -0.2) is 0 Å². The Balaban J connectivity index is 1.96. The minimum Gasteiger partial charge on any atom is -0.294 e. The first-order valence-electron chi connectivity index (χ1n) is 6.92. The first-order chi connectivity index (χ1) is 8.29. The Labute approximate surface area is 103 Å². The maximum absolute atomic E-state index is 12.2. The average molecular weight is 228 g/mol. The highest BCUT2D eigenvalue weighted by Gasteiger charge is 2.40. The summed E-state index contributed by atoms with van der Waals surface area (Å²) in [6.45, 7) is 2.13. The van der Waals surface area contributed by atoms with E-state index in [4.69, 9.17) is 0 Å². The van der Waals surface area contributed by atoms with Gasteiger partial charge >= 0.3 is 0 Å². The zero-order chi connectivity index (χ0) is 11.8. The summed E-state index contributed by atoms with van der Waals surface area (Å²) in [5.74, 6) is 1.82. The lowest BCUT2D eigenvalue weighted by molar-refractivity contribution is 0.0913. The fraction of sp³-hybridized carbons (Fsp3) is 0.562. The molecule has 2 aliphatic rings. The molecule has 0 spiro atoms. The van der Waals surface area contributed by atoms with E-state index in [1.807, 2.05) is 12.1 Å². The zero-order valence-corrected chi connectivity index (χ0v) is 10.5. The SMILES string of the molecule is C[C@@H]1C(=O)c2ccccc2[C@H]1C1CCCCC1. The predicted molar refractivity (Wildman–Crippen MR) is 69.3 cm³/mol. The topological polar surface area (TPSA) is 17.1 Å². The lowest BCUT2D eigenvalue weighted by Gasteiger charge is -2.30. The number of carbonyl (C=O) groups excluding carboxylic acids is 1. The third kappa shape index (κ3) is 1.72. The third-order valence-corrected chi connectivity index (χ3v) is 4.70. The van der Waals surface area contributed by atoms with Crippen molar-refractivity contribution in [1.29, 1.82) is 0 Å². The van der Waals surface area contributed by atoms with Gasteiger partial charge in [-0.15, -0.1) is 0 Å². The number of Topliss-reactive ketones (excluding diaryl/α,β-unsaturated/α-hetero) is 1. The summed E-state index contributed by atoms with van der Waals surface area (Å²) in [6.07, 6.45) is 6.72. The summed E-state index contributed by atoms with van der Waals surface area (Å²) < 4.78 is 0. The Kier molecular flexibility index (Phi) is 2.78. The van der Waals surface area contributed by atoms with Crippen LogP contribution in [-0.4, -0.2) is 5.78 Å². The predicted octanol–water partition coefficient (Wildman–Crippen LogP) is 4.18. The van der Waals surface area contributed by atoms with E-state index in [-0.39, 0.29) is 5.92 Å². The van der Waals surface area contributed by atoms with E-state index >= 15 is 0 Å². The molecule has 0 saturated heterocycles. The largest absolute Gasteiger partial charge is 0.294 e. The van der Waals surface area contributed by atoms with Crippen LogP contribution in [0.1, 0.15) is 60.9 Å². The number of ketones is 1. The molecule has 1 aromatic carbocycles. The second-order valence-corrected chi connectivity index (χ2v) is 5.66. The molecule has 3 rings (SSSR count). The van der Waals surface area contributed by atoms with E-state index in [9.17, 15) is 4.79 Å². The first-order valence-corrected chi connectivity index (χ1v) is 6.92. The highest BCUT2D eigenvalue weighted by atomic mass is 16.1. The highest BCUT2D eigenvalue weighted by Crippen LogP contribution is 2.46. The lowest BCUT2D eigenvalue weighted by Crippen LogP contribution is -2.20. The zero-order valence-electron chi connectivity index (χ0n) is 10.5. The summed E-state index contributed by atoms with van der Waals surface area (Å²) >= 11 is 0. The normalized spacial score (nSPS) is 29.4. The molecule has 0 aromatic heterocycles. The van der Waals surface area contributed by atoms with E-state index in [0.717, 1.165) is 11.5 Å². The van der Waals surface area contributed by atoms with Crippen molar-refractivity contribution in [2.75, 3.05) is 0 Å². The molecule has 0 amide bonds. The maximum Gasteiger partial charge on any atom is 0.166 e. The Bertz CT molecular complexity index is 429. The molecule has 1 aromatic rings. The van der Waals surface area contributed by atoms with Gasteiger partial charge in [-0.05, 0) is 30.2 Å². The fourth-order valence-electron chi connectivity index (χ4n) is 3.85. The van der Waals surface area contributed by atoms with Crippen LogP contribution in [0, 0.1) is 11.8 Å². The van der Waals surface area contributed by atoms with E-state index in [0.29, 0.717) is 11.7 Å². The van der Waals surface area contributed by atoms with Gasteiger partial charge < -0.3 is 0 Å². The number of carbonyl (C=O) groups is 1. The molecule has 90 valence electrons. The fourth-order valence-corrected chi connectivity index (χ4v) is 3.85. The van der Waals surface area contributed by atoms with Crippen LogP contribution in [0.15, 0.2) is 24.3 Å². The van der Waals surface area contributed by atoms with Crippen molar-refractivity contribution in [1.82, 2.24) is 0 Å². The molecule has 0 unspecified atom stereocenters. The number of fused-ring (bicyclic) bond motifs is 1. The molecule has 0 bridgehead atoms. The Morgan fingerprint density at radius 3 is 2.53 bits per heavy atom. The van der Waals surface area contributed by atoms with Crippen LogP contribution >= 0.6 is 0 Å². The van der Waals surface area contributed by atoms with E-state index in [2.05, 4.69) is 19.1 Å². The van der Waals surface area contributed by atoms with Gasteiger partial charge in [0.25, 0.3) is 0 Å². The van der Waals surface area contributed by atoms with Gasteiger partial charge in [0.15, 0.2) is 5.78 Å². The van der Waals surface area contributed by atoms with Crippen LogP contribution in [0.3, 0.4) is 0 Å². The molecule has 0 radical (unpaired) electrons. The summed E-state index contributed by atoms with van der Waals surface area (Å²) in [6, 6.07) is 8.26. The Morgan fingerprint density at radius 1 is 1.06 bits per heavy atom. The van der Waals surface area contributed by atoms with Crippen molar-refractivity contribution >= 4 is 5.78 Å². The van der Waals surface area contributed by atoms with Crippen LogP contribution in [0.2, 0.25) is 0 Å². The Hall–Kier alpha value is -1.11. The molecule has 0 N–H and O–H groups in total. The van der Waals surface area contributed by atoms with Crippen LogP contribution in [0.4, 0.5) is 0 Å². The molecule has 1 nitrogen and oxygen atoms in total. The minimum atomic E-state index is 0.204. The number of hydrogen-bond acceptors (Lipinski definition) is 1. The van der Waals surface area contributed by atoms with E-state index in [1.54, 1.807) is 0 Å². The molecule has 2 atom stereocenters. The number of benzene rings is 1. The van der Waals surface area contributed by atoms with Crippen molar-refractivity contribution < 1.29 is 4.79 Å². The van der Waals surface area contributed by atoms with Crippen molar-refractivity contribution in [3.05, 3.63) is 35.4 Å². The van der Waals surface area contributed by atoms with Crippen molar-refractivity contribution in [2.24, 2.45) is 11.8 Å². The highest BCUT2D eigenvalue weighted by molar-refractivity contribution is 6.03. The molecule has 2 aliphatic carbocycles. The van der Waals surface area contributed by atoms with Crippen molar-refractivity contribution in [3.63, 3.8) is 0 Å². The summed E-state index contributed by atoms with van der Waals surface area (Å²) in [7, 11) is 0. The number of rotatable bonds is 1. The van der Waals surface area contributed by atoms with Gasteiger partial charge in [-0.3, -0.25) is 4.79 Å². The van der Waals surface area contributed by atoms with E-state index in [1.165, 1.54) is 37.7 Å². The van der Waals surface area contributed by atoms with Gasteiger partial charge in [0.1, 0.15) is 0 Å². The van der Waals surface area contributed by atoms with E-state index < -0.39 is 0 Å². The number of hydrogen-bond donors (Lipinski definition) is 0. The van der Waals surface area contributed by atoms with Gasteiger partial charge in [0.2, 0.25) is 0 Å². The average Bonchev–Trinajstić information content (AvgIpc) is 2.64. The quantitative estimate of drug-likeness (QED) is 0.704. The van der Waals surface area contributed by atoms with Crippen molar-refractivity contribution in [3.8, 4) is 0 Å². The molecule has 1 fully saturated rings. The lowest BCUT2D eigenvalue weighted by atomic mass is 9.74. The molecule has 1 saturated carbocycles. The second kappa shape index (κ2) is 4.29. The molecular formula is C16H20O. The van der Waals surface area contributed by atoms with Gasteiger partial charge in [-0.2, -0.15) is 0 Å². The second-order valence-electron chi connectivity index (χ2n) is 5.66. The molecule has 0 aliphatic heterocycles.